The molecule has 1 N–H and O–H groups in total. The summed E-state index contributed by atoms with van der Waals surface area (Å²) in [6, 6.07) is 6.00. The van der Waals surface area contributed by atoms with Crippen LogP contribution in [0.4, 0.5) is 0 Å². The fourth-order valence-electron chi connectivity index (χ4n) is 3.20. The Bertz CT molecular complexity index is 509. The zero-order chi connectivity index (χ0) is 13.4. The minimum Gasteiger partial charge on any atom is -0.338 e. The summed E-state index contributed by atoms with van der Waals surface area (Å²) in [5, 5.41) is 3.44. The Labute approximate surface area is 140 Å². The molecule has 0 aromatic heterocycles. The van der Waals surface area contributed by atoms with E-state index >= 15 is 0 Å². The lowest BCUT2D eigenvalue weighted by Crippen LogP contribution is -2.43. The number of nitrogens with zero attached hydrogens (tertiary/aromatic N) is 1. The van der Waals surface area contributed by atoms with E-state index < -0.39 is 0 Å². The molecule has 2 fully saturated rings. The van der Waals surface area contributed by atoms with Crippen molar-refractivity contribution in [1.29, 1.82) is 0 Å². The van der Waals surface area contributed by atoms with Crippen molar-refractivity contribution in [3.63, 3.8) is 0 Å². The summed E-state index contributed by atoms with van der Waals surface area (Å²) in [5.41, 5.74) is 2.05. The maximum Gasteiger partial charge on any atom is 0.254 e. The van der Waals surface area contributed by atoms with E-state index in [1.54, 1.807) is 0 Å². The van der Waals surface area contributed by atoms with Crippen molar-refractivity contribution >= 4 is 40.9 Å². The summed E-state index contributed by atoms with van der Waals surface area (Å²) >= 11 is 2.29. The Morgan fingerprint density at radius 2 is 2.10 bits per heavy atom. The highest BCUT2D eigenvalue weighted by atomic mass is 127. The normalized spacial score (nSPS) is 25.0. The molecule has 2 atom stereocenters. The van der Waals surface area contributed by atoms with Crippen LogP contribution in [0, 0.1) is 22.3 Å². The Morgan fingerprint density at radius 1 is 1.35 bits per heavy atom. The molecule has 2 aliphatic heterocycles. The second-order valence-corrected chi connectivity index (χ2v) is 6.73. The van der Waals surface area contributed by atoms with Gasteiger partial charge in [-0.1, -0.05) is 12.1 Å². The third-order valence-corrected chi connectivity index (χ3v) is 5.85. The van der Waals surface area contributed by atoms with Gasteiger partial charge in [0.1, 0.15) is 0 Å². The minimum absolute atomic E-state index is 0. The molecular weight excluding hydrogens is 387 g/mol. The fourth-order valence-corrected chi connectivity index (χ4v) is 3.79. The molecule has 2 saturated heterocycles. The van der Waals surface area contributed by atoms with Crippen LogP contribution in [0.2, 0.25) is 0 Å². The predicted molar refractivity (Wildman–Crippen MR) is 91.5 cm³/mol. The number of hydrogen-bond donors (Lipinski definition) is 1. The van der Waals surface area contributed by atoms with Crippen molar-refractivity contribution in [3.05, 3.63) is 32.9 Å². The first kappa shape index (κ1) is 16.0. The van der Waals surface area contributed by atoms with Gasteiger partial charge in [-0.05, 0) is 72.5 Å². The van der Waals surface area contributed by atoms with Crippen LogP contribution in [-0.4, -0.2) is 37.0 Å². The molecule has 0 spiro atoms. The number of aryl methyl sites for hydroxylation is 1. The molecule has 1 aromatic rings. The first-order valence-electron chi connectivity index (χ1n) is 6.92. The van der Waals surface area contributed by atoms with E-state index in [1.165, 1.54) is 5.56 Å². The molecule has 0 bridgehead atoms. The van der Waals surface area contributed by atoms with Crippen LogP contribution in [-0.2, 0) is 0 Å². The molecule has 3 rings (SSSR count). The number of hydrogen-bond acceptors (Lipinski definition) is 2. The van der Waals surface area contributed by atoms with Crippen LogP contribution >= 0.6 is 35.0 Å². The number of likely N-dealkylation sites (tertiary alicyclic amines) is 1. The van der Waals surface area contributed by atoms with Gasteiger partial charge >= 0.3 is 0 Å². The number of amides is 1. The van der Waals surface area contributed by atoms with E-state index in [1.807, 2.05) is 17.0 Å². The van der Waals surface area contributed by atoms with Gasteiger partial charge in [0.15, 0.2) is 0 Å². The van der Waals surface area contributed by atoms with Crippen molar-refractivity contribution in [2.45, 2.75) is 13.3 Å². The third-order valence-electron chi connectivity index (χ3n) is 4.41. The van der Waals surface area contributed by atoms with E-state index in [2.05, 4.69) is 40.9 Å². The van der Waals surface area contributed by atoms with Crippen molar-refractivity contribution in [1.82, 2.24) is 10.2 Å². The maximum absolute atomic E-state index is 12.7. The van der Waals surface area contributed by atoms with Crippen molar-refractivity contribution < 1.29 is 4.79 Å². The van der Waals surface area contributed by atoms with Crippen LogP contribution < -0.4 is 5.32 Å². The summed E-state index contributed by atoms with van der Waals surface area (Å²) in [6.07, 6.45) is 1.14. The van der Waals surface area contributed by atoms with Crippen LogP contribution in [0.1, 0.15) is 22.3 Å². The molecular formula is C15H20ClIN2O. The standard InChI is InChI=1S/C15H19IN2O.ClH/c1-10-3-2-4-13(14(10)16)15(19)18-6-5-11-7-17-8-12(11)9-18;/h2-4,11-12,17H,5-9H2,1H3;1H. The fraction of sp³-hybridized carbons (Fsp3) is 0.533. The number of carbonyl (C=O) groups is 1. The largest absolute Gasteiger partial charge is 0.338 e. The number of nitrogens with one attached hydrogen (secondary N) is 1. The van der Waals surface area contributed by atoms with Crippen LogP contribution in [0.25, 0.3) is 0 Å². The van der Waals surface area contributed by atoms with E-state index in [9.17, 15) is 4.79 Å². The van der Waals surface area contributed by atoms with Gasteiger partial charge < -0.3 is 10.2 Å². The molecule has 110 valence electrons. The zero-order valence-corrected chi connectivity index (χ0v) is 14.5. The number of benzene rings is 1. The molecule has 1 aromatic carbocycles. The molecule has 0 radical (unpaired) electrons. The Balaban J connectivity index is 0.00000147. The second kappa shape index (κ2) is 6.62. The highest BCUT2D eigenvalue weighted by molar-refractivity contribution is 14.1. The summed E-state index contributed by atoms with van der Waals surface area (Å²) in [6.45, 7) is 6.09. The van der Waals surface area contributed by atoms with Gasteiger partial charge in [0, 0.05) is 16.7 Å². The molecule has 0 saturated carbocycles. The SMILES string of the molecule is Cc1cccc(C(=O)N2CCC3CNCC3C2)c1I.Cl. The van der Waals surface area contributed by atoms with Crippen LogP contribution in [0.15, 0.2) is 18.2 Å². The maximum atomic E-state index is 12.7. The second-order valence-electron chi connectivity index (χ2n) is 5.65. The monoisotopic (exact) mass is 406 g/mol. The molecule has 2 unspecified atom stereocenters. The summed E-state index contributed by atoms with van der Waals surface area (Å²) in [4.78, 5) is 14.7. The van der Waals surface area contributed by atoms with Crippen molar-refractivity contribution in [2.24, 2.45) is 11.8 Å². The third kappa shape index (κ3) is 2.97. The van der Waals surface area contributed by atoms with E-state index in [0.29, 0.717) is 5.92 Å². The minimum atomic E-state index is 0. The highest BCUT2D eigenvalue weighted by Gasteiger charge is 2.35. The molecule has 20 heavy (non-hydrogen) atoms. The molecule has 3 nitrogen and oxygen atoms in total. The van der Waals surface area contributed by atoms with Crippen molar-refractivity contribution in [3.8, 4) is 0 Å². The lowest BCUT2D eigenvalue weighted by Gasteiger charge is -2.34. The lowest BCUT2D eigenvalue weighted by atomic mass is 9.88. The zero-order valence-electron chi connectivity index (χ0n) is 11.6. The summed E-state index contributed by atoms with van der Waals surface area (Å²) < 4.78 is 1.09. The molecule has 2 heterocycles. The lowest BCUT2D eigenvalue weighted by molar-refractivity contribution is 0.0641. The van der Waals surface area contributed by atoms with Gasteiger partial charge in [0.2, 0.25) is 0 Å². The topological polar surface area (TPSA) is 32.3 Å². The Hall–Kier alpha value is -0.330. The van der Waals surface area contributed by atoms with Gasteiger partial charge in [0.05, 0.1) is 5.56 Å². The summed E-state index contributed by atoms with van der Waals surface area (Å²) in [5.74, 6) is 1.64. The summed E-state index contributed by atoms with van der Waals surface area (Å²) in [7, 11) is 0. The first-order chi connectivity index (χ1) is 9.16. The average Bonchev–Trinajstić information content (AvgIpc) is 2.88. The first-order valence-corrected chi connectivity index (χ1v) is 8.00. The Morgan fingerprint density at radius 3 is 2.90 bits per heavy atom. The van der Waals surface area contributed by atoms with Crippen LogP contribution in [0.5, 0.6) is 0 Å². The van der Waals surface area contributed by atoms with Crippen molar-refractivity contribution in [2.75, 3.05) is 26.2 Å². The Kier molecular flexibility index (Phi) is 5.31. The van der Waals surface area contributed by atoms with E-state index in [4.69, 9.17) is 0 Å². The molecule has 5 heteroatoms. The number of halogens is 2. The number of fused-ring (bicyclic) bond motifs is 1. The average molecular weight is 407 g/mol. The molecule has 2 aliphatic rings. The van der Waals surface area contributed by atoms with Crippen LogP contribution in [0.3, 0.4) is 0 Å². The molecule has 1 amide bonds. The quantitative estimate of drug-likeness (QED) is 0.727. The number of piperidine rings is 1. The molecule has 0 aliphatic carbocycles. The number of rotatable bonds is 1. The van der Waals surface area contributed by atoms with E-state index in [0.717, 1.165) is 47.7 Å². The van der Waals surface area contributed by atoms with Gasteiger partial charge in [-0.15, -0.1) is 12.4 Å². The van der Waals surface area contributed by atoms with Gasteiger partial charge in [-0.2, -0.15) is 0 Å². The smallest absolute Gasteiger partial charge is 0.254 e. The van der Waals surface area contributed by atoms with Gasteiger partial charge in [-0.3, -0.25) is 4.79 Å². The van der Waals surface area contributed by atoms with E-state index in [-0.39, 0.29) is 18.3 Å². The number of carbonyl (C=O) groups excluding carboxylic acids is 1. The van der Waals surface area contributed by atoms with Gasteiger partial charge in [-0.25, -0.2) is 0 Å². The highest BCUT2D eigenvalue weighted by Crippen LogP contribution is 2.28. The van der Waals surface area contributed by atoms with Gasteiger partial charge in [0.25, 0.3) is 5.91 Å². The predicted octanol–water partition coefficient (Wildman–Crippen LogP) is 2.70.